The molecule has 154 valence electrons. The molecule has 0 aromatic heterocycles. The minimum absolute atomic E-state index is 0.0649. The van der Waals surface area contributed by atoms with Crippen LogP contribution in [-0.4, -0.2) is 37.7 Å². The Labute approximate surface area is 171 Å². The highest BCUT2D eigenvalue weighted by molar-refractivity contribution is 6.04. The Hall–Kier alpha value is -2.86. The average molecular weight is 396 g/mol. The molecule has 0 radical (unpaired) electrons. The quantitative estimate of drug-likeness (QED) is 0.751. The Morgan fingerprint density at radius 2 is 1.86 bits per heavy atom. The van der Waals surface area contributed by atoms with Gasteiger partial charge in [0, 0.05) is 13.2 Å². The summed E-state index contributed by atoms with van der Waals surface area (Å²) in [6, 6.07) is 11.0. The first kappa shape index (κ1) is 20.9. The SMILES string of the molecule is Cc1cc(C)c(OCC(=O)Nc2ccccc2C(=O)NCC2CCCO2)c(C)c1. The van der Waals surface area contributed by atoms with Gasteiger partial charge in [-0.2, -0.15) is 0 Å². The van der Waals surface area contributed by atoms with E-state index in [1.807, 2.05) is 32.9 Å². The van der Waals surface area contributed by atoms with Crippen LogP contribution in [0.3, 0.4) is 0 Å². The summed E-state index contributed by atoms with van der Waals surface area (Å²) in [5.41, 5.74) is 4.01. The number of rotatable bonds is 7. The van der Waals surface area contributed by atoms with Crippen LogP contribution in [0.5, 0.6) is 5.75 Å². The number of aryl methyl sites for hydroxylation is 3. The highest BCUT2D eigenvalue weighted by Crippen LogP contribution is 2.24. The van der Waals surface area contributed by atoms with Crippen molar-refractivity contribution in [3.8, 4) is 5.75 Å². The van der Waals surface area contributed by atoms with Crippen molar-refractivity contribution in [1.29, 1.82) is 0 Å². The van der Waals surface area contributed by atoms with E-state index in [0.29, 0.717) is 23.5 Å². The van der Waals surface area contributed by atoms with E-state index < -0.39 is 0 Å². The van der Waals surface area contributed by atoms with Gasteiger partial charge in [-0.1, -0.05) is 29.8 Å². The molecular weight excluding hydrogens is 368 g/mol. The van der Waals surface area contributed by atoms with E-state index in [2.05, 4.69) is 10.6 Å². The van der Waals surface area contributed by atoms with Gasteiger partial charge in [0.05, 0.1) is 17.4 Å². The van der Waals surface area contributed by atoms with Crippen molar-refractivity contribution in [2.24, 2.45) is 0 Å². The molecule has 1 unspecified atom stereocenters. The van der Waals surface area contributed by atoms with Gasteiger partial charge in [0.15, 0.2) is 6.61 Å². The van der Waals surface area contributed by atoms with Gasteiger partial charge in [-0.25, -0.2) is 0 Å². The molecule has 1 aliphatic heterocycles. The van der Waals surface area contributed by atoms with E-state index in [1.54, 1.807) is 24.3 Å². The monoisotopic (exact) mass is 396 g/mol. The molecule has 0 aliphatic carbocycles. The summed E-state index contributed by atoms with van der Waals surface area (Å²) in [5, 5.41) is 5.67. The van der Waals surface area contributed by atoms with Gasteiger partial charge in [0.1, 0.15) is 5.75 Å². The van der Waals surface area contributed by atoms with Gasteiger partial charge in [0.25, 0.3) is 11.8 Å². The first-order valence-corrected chi connectivity index (χ1v) is 9.93. The number of amides is 2. The summed E-state index contributed by atoms with van der Waals surface area (Å²) in [6.07, 6.45) is 2.04. The van der Waals surface area contributed by atoms with Gasteiger partial charge >= 0.3 is 0 Å². The molecule has 29 heavy (non-hydrogen) atoms. The van der Waals surface area contributed by atoms with Crippen LogP contribution in [0.1, 0.15) is 39.9 Å². The topological polar surface area (TPSA) is 76.7 Å². The van der Waals surface area contributed by atoms with Crippen molar-refractivity contribution in [1.82, 2.24) is 5.32 Å². The summed E-state index contributed by atoms with van der Waals surface area (Å²) in [7, 11) is 0. The van der Waals surface area contributed by atoms with Gasteiger partial charge in [-0.05, 0) is 56.9 Å². The van der Waals surface area contributed by atoms with Crippen LogP contribution in [0.4, 0.5) is 5.69 Å². The zero-order valence-corrected chi connectivity index (χ0v) is 17.2. The third-order valence-electron chi connectivity index (χ3n) is 4.91. The van der Waals surface area contributed by atoms with Crippen LogP contribution in [0.2, 0.25) is 0 Å². The molecular formula is C23H28N2O4. The number of hydrogen-bond donors (Lipinski definition) is 2. The van der Waals surface area contributed by atoms with Crippen LogP contribution in [0.25, 0.3) is 0 Å². The fourth-order valence-electron chi connectivity index (χ4n) is 3.62. The molecule has 0 bridgehead atoms. The Balaban J connectivity index is 1.59. The zero-order chi connectivity index (χ0) is 20.8. The summed E-state index contributed by atoms with van der Waals surface area (Å²) in [6.45, 7) is 7.03. The average Bonchev–Trinajstić information content (AvgIpc) is 3.19. The first-order valence-electron chi connectivity index (χ1n) is 9.93. The maximum absolute atomic E-state index is 12.6. The fraction of sp³-hybridized carbons (Fsp3) is 0.391. The van der Waals surface area contributed by atoms with Crippen molar-refractivity contribution in [2.45, 2.75) is 39.7 Å². The third kappa shape index (κ3) is 5.57. The number of carbonyl (C=O) groups excluding carboxylic acids is 2. The Morgan fingerprint density at radius 3 is 2.55 bits per heavy atom. The van der Waals surface area contributed by atoms with Crippen LogP contribution >= 0.6 is 0 Å². The second-order valence-electron chi connectivity index (χ2n) is 7.46. The minimum Gasteiger partial charge on any atom is -0.483 e. The standard InChI is InChI=1S/C23H28N2O4/c1-15-11-16(2)22(17(3)12-15)29-14-21(26)25-20-9-5-4-8-19(20)23(27)24-13-18-7-6-10-28-18/h4-5,8-9,11-12,18H,6-7,10,13-14H2,1-3H3,(H,24,27)(H,25,26). The van der Waals surface area contributed by atoms with E-state index >= 15 is 0 Å². The fourth-order valence-corrected chi connectivity index (χ4v) is 3.62. The van der Waals surface area contributed by atoms with Crippen LogP contribution in [-0.2, 0) is 9.53 Å². The lowest BCUT2D eigenvalue weighted by molar-refractivity contribution is -0.118. The largest absolute Gasteiger partial charge is 0.483 e. The number of anilines is 1. The Bertz CT molecular complexity index is 865. The smallest absolute Gasteiger partial charge is 0.262 e. The zero-order valence-electron chi connectivity index (χ0n) is 17.2. The highest BCUT2D eigenvalue weighted by Gasteiger charge is 2.18. The molecule has 2 aromatic rings. The maximum atomic E-state index is 12.6. The van der Waals surface area contributed by atoms with E-state index in [-0.39, 0.29) is 24.5 Å². The molecule has 1 fully saturated rings. The van der Waals surface area contributed by atoms with Gasteiger partial charge in [-0.15, -0.1) is 0 Å². The predicted molar refractivity (Wildman–Crippen MR) is 113 cm³/mol. The molecule has 0 saturated carbocycles. The number of nitrogens with one attached hydrogen (secondary N) is 2. The maximum Gasteiger partial charge on any atom is 0.262 e. The van der Waals surface area contributed by atoms with Crippen LogP contribution < -0.4 is 15.4 Å². The van der Waals surface area contributed by atoms with Crippen LogP contribution in [0.15, 0.2) is 36.4 Å². The lowest BCUT2D eigenvalue weighted by atomic mass is 10.1. The Morgan fingerprint density at radius 1 is 1.14 bits per heavy atom. The molecule has 6 heteroatoms. The van der Waals surface area contributed by atoms with Gasteiger partial charge < -0.3 is 20.1 Å². The molecule has 0 spiro atoms. The predicted octanol–water partition coefficient (Wildman–Crippen LogP) is 3.54. The third-order valence-corrected chi connectivity index (χ3v) is 4.91. The lowest BCUT2D eigenvalue weighted by Crippen LogP contribution is -2.32. The molecule has 1 heterocycles. The second kappa shape index (κ2) is 9.56. The summed E-state index contributed by atoms with van der Waals surface area (Å²) < 4.78 is 11.3. The second-order valence-corrected chi connectivity index (χ2v) is 7.46. The van der Waals surface area contributed by atoms with E-state index in [1.165, 1.54) is 0 Å². The van der Waals surface area contributed by atoms with E-state index in [4.69, 9.17) is 9.47 Å². The molecule has 2 aromatic carbocycles. The molecule has 1 saturated heterocycles. The van der Waals surface area contributed by atoms with Crippen molar-refractivity contribution >= 4 is 17.5 Å². The molecule has 1 aliphatic rings. The van der Waals surface area contributed by atoms with Crippen molar-refractivity contribution in [2.75, 3.05) is 25.1 Å². The summed E-state index contributed by atoms with van der Waals surface area (Å²) in [4.78, 5) is 25.0. The highest BCUT2D eigenvalue weighted by atomic mass is 16.5. The molecule has 6 nitrogen and oxygen atoms in total. The summed E-state index contributed by atoms with van der Waals surface area (Å²) >= 11 is 0. The van der Waals surface area contributed by atoms with Crippen molar-refractivity contribution in [3.63, 3.8) is 0 Å². The van der Waals surface area contributed by atoms with Gasteiger partial charge in [-0.3, -0.25) is 9.59 Å². The molecule has 1 atom stereocenters. The van der Waals surface area contributed by atoms with E-state index in [0.717, 1.165) is 36.1 Å². The molecule has 3 rings (SSSR count). The van der Waals surface area contributed by atoms with Gasteiger partial charge in [0.2, 0.25) is 0 Å². The number of ether oxygens (including phenoxy) is 2. The number of benzene rings is 2. The van der Waals surface area contributed by atoms with Crippen molar-refractivity contribution < 1.29 is 19.1 Å². The molecule has 2 amide bonds. The normalized spacial score (nSPS) is 15.8. The first-order chi connectivity index (χ1) is 13.9. The van der Waals surface area contributed by atoms with E-state index in [9.17, 15) is 9.59 Å². The number of para-hydroxylation sites is 1. The minimum atomic E-state index is -0.316. The van der Waals surface area contributed by atoms with Crippen LogP contribution in [0, 0.1) is 20.8 Å². The molecule has 2 N–H and O–H groups in total. The lowest BCUT2D eigenvalue weighted by Gasteiger charge is -2.15. The van der Waals surface area contributed by atoms with Crippen molar-refractivity contribution in [3.05, 3.63) is 58.7 Å². The summed E-state index contributed by atoms with van der Waals surface area (Å²) in [5.74, 6) is 0.166. The number of carbonyl (C=O) groups is 2. The Kier molecular flexibility index (Phi) is 6.88. The number of hydrogen-bond acceptors (Lipinski definition) is 4.